The molecule has 0 radical (unpaired) electrons. The minimum Gasteiger partial charge on any atom is -0.497 e. The van der Waals surface area contributed by atoms with Crippen molar-refractivity contribution in [3.63, 3.8) is 0 Å². The summed E-state index contributed by atoms with van der Waals surface area (Å²) in [4.78, 5) is 28.8. The zero-order valence-electron chi connectivity index (χ0n) is 14.6. The fourth-order valence-corrected chi connectivity index (χ4v) is 3.31. The molecule has 0 unspecified atom stereocenters. The highest BCUT2D eigenvalue weighted by Gasteiger charge is 2.54. The molecule has 1 aliphatic rings. The second kappa shape index (κ2) is 6.76. The topological polar surface area (TPSA) is 89.7 Å². The first-order chi connectivity index (χ1) is 12.1. The molecule has 0 spiro atoms. The van der Waals surface area contributed by atoms with Crippen LogP contribution in [0.15, 0.2) is 18.2 Å². The normalized spacial score (nSPS) is 15.5. The van der Waals surface area contributed by atoms with Crippen LogP contribution in [-0.4, -0.2) is 43.8 Å². The van der Waals surface area contributed by atoms with E-state index in [4.69, 9.17) is 14.2 Å². The molecule has 7 heteroatoms. The van der Waals surface area contributed by atoms with Crippen LogP contribution < -0.4 is 10.1 Å². The average molecular weight is 346 g/mol. The Morgan fingerprint density at radius 2 is 1.84 bits per heavy atom. The van der Waals surface area contributed by atoms with Gasteiger partial charge in [0.25, 0.3) is 5.54 Å². The van der Waals surface area contributed by atoms with Crippen LogP contribution in [0.1, 0.15) is 25.1 Å². The fourth-order valence-electron chi connectivity index (χ4n) is 3.31. The zero-order chi connectivity index (χ0) is 18.0. The first kappa shape index (κ1) is 17.3. The van der Waals surface area contributed by atoms with Gasteiger partial charge in [0.2, 0.25) is 0 Å². The van der Waals surface area contributed by atoms with Crippen molar-refractivity contribution >= 4 is 22.8 Å². The number of hydrogen-bond acceptors (Lipinski definition) is 6. The number of aromatic nitrogens is 1. The third-order valence-electron chi connectivity index (χ3n) is 4.42. The van der Waals surface area contributed by atoms with Crippen molar-refractivity contribution in [1.29, 1.82) is 0 Å². The summed E-state index contributed by atoms with van der Waals surface area (Å²) < 4.78 is 15.7. The predicted molar refractivity (Wildman–Crippen MR) is 91.5 cm³/mol. The molecule has 0 saturated heterocycles. The molecule has 2 N–H and O–H groups in total. The Morgan fingerprint density at radius 3 is 2.44 bits per heavy atom. The average Bonchev–Trinajstić information content (AvgIpc) is 3.00. The van der Waals surface area contributed by atoms with E-state index in [0.29, 0.717) is 24.4 Å². The maximum absolute atomic E-state index is 12.8. The van der Waals surface area contributed by atoms with Gasteiger partial charge in [0.15, 0.2) is 0 Å². The number of hydrogen-bond donors (Lipinski definition) is 2. The molecule has 7 nitrogen and oxygen atoms in total. The predicted octanol–water partition coefficient (Wildman–Crippen LogP) is 1.64. The van der Waals surface area contributed by atoms with Crippen LogP contribution in [0.5, 0.6) is 5.75 Å². The van der Waals surface area contributed by atoms with E-state index < -0.39 is 17.5 Å². The van der Waals surface area contributed by atoms with Gasteiger partial charge in [-0.15, -0.1) is 0 Å². The molecular weight excluding hydrogens is 324 g/mol. The van der Waals surface area contributed by atoms with Gasteiger partial charge in [-0.3, -0.25) is 5.32 Å². The number of carbonyl (C=O) groups excluding carboxylic acids is 2. The molecule has 0 atom stereocenters. The fraction of sp³-hybridized carbons (Fsp3) is 0.444. The van der Waals surface area contributed by atoms with Gasteiger partial charge in [0, 0.05) is 17.4 Å². The molecule has 0 aliphatic carbocycles. The van der Waals surface area contributed by atoms with Gasteiger partial charge in [0.1, 0.15) is 5.75 Å². The van der Waals surface area contributed by atoms with Crippen LogP contribution in [0.25, 0.3) is 10.9 Å². The molecule has 2 heterocycles. The second-order valence-electron chi connectivity index (χ2n) is 5.76. The summed E-state index contributed by atoms with van der Waals surface area (Å²) in [5, 5.41) is 3.96. The molecule has 3 rings (SSSR count). The third kappa shape index (κ3) is 2.64. The molecule has 1 aromatic heterocycles. The summed E-state index contributed by atoms with van der Waals surface area (Å²) in [5.41, 5.74) is 0.534. The molecule has 134 valence electrons. The summed E-state index contributed by atoms with van der Waals surface area (Å²) in [5.74, 6) is -0.605. The summed E-state index contributed by atoms with van der Waals surface area (Å²) >= 11 is 0. The van der Waals surface area contributed by atoms with E-state index in [1.165, 1.54) is 0 Å². The molecule has 2 aromatic rings. The lowest BCUT2D eigenvalue weighted by Crippen LogP contribution is -2.60. The number of benzene rings is 1. The first-order valence-corrected chi connectivity index (χ1v) is 8.37. The molecule has 0 bridgehead atoms. The Hall–Kier alpha value is -2.54. The Balaban J connectivity index is 2.22. The van der Waals surface area contributed by atoms with E-state index in [1.54, 1.807) is 21.0 Å². The number of esters is 2. The largest absolute Gasteiger partial charge is 0.497 e. The van der Waals surface area contributed by atoms with E-state index in [2.05, 4.69) is 10.3 Å². The van der Waals surface area contributed by atoms with E-state index >= 15 is 0 Å². The lowest BCUT2D eigenvalue weighted by molar-refractivity contribution is -0.167. The van der Waals surface area contributed by atoms with E-state index in [0.717, 1.165) is 16.5 Å². The quantitative estimate of drug-likeness (QED) is 0.632. The zero-order valence-corrected chi connectivity index (χ0v) is 14.6. The molecule has 0 saturated carbocycles. The number of H-pyrrole nitrogens is 1. The van der Waals surface area contributed by atoms with Crippen molar-refractivity contribution in [2.75, 3.05) is 26.9 Å². The number of aromatic amines is 1. The number of rotatable bonds is 5. The summed E-state index contributed by atoms with van der Waals surface area (Å²) in [6.45, 7) is 4.21. The van der Waals surface area contributed by atoms with Crippen molar-refractivity contribution in [3.05, 3.63) is 29.5 Å². The molecule has 1 aromatic carbocycles. The number of nitrogens with one attached hydrogen (secondary N) is 2. The summed E-state index contributed by atoms with van der Waals surface area (Å²) in [6, 6.07) is 5.60. The number of carbonyl (C=O) groups is 2. The van der Waals surface area contributed by atoms with Crippen molar-refractivity contribution in [3.8, 4) is 5.75 Å². The van der Waals surface area contributed by atoms with Crippen LogP contribution in [-0.2, 0) is 31.0 Å². The minimum atomic E-state index is -1.67. The third-order valence-corrected chi connectivity index (χ3v) is 4.42. The van der Waals surface area contributed by atoms with Gasteiger partial charge >= 0.3 is 11.9 Å². The van der Waals surface area contributed by atoms with Crippen molar-refractivity contribution < 1.29 is 23.8 Å². The summed E-state index contributed by atoms with van der Waals surface area (Å²) in [6.07, 6.45) is 0.670. The smallest absolute Gasteiger partial charge is 0.344 e. The molecule has 0 fully saturated rings. The minimum absolute atomic E-state index is 0.172. The maximum Gasteiger partial charge on any atom is 0.344 e. The Labute approximate surface area is 145 Å². The van der Waals surface area contributed by atoms with E-state index in [-0.39, 0.29) is 13.2 Å². The number of fused-ring (bicyclic) bond motifs is 3. The Kier molecular flexibility index (Phi) is 4.67. The van der Waals surface area contributed by atoms with Crippen molar-refractivity contribution in [1.82, 2.24) is 10.3 Å². The van der Waals surface area contributed by atoms with Gasteiger partial charge in [-0.2, -0.15) is 0 Å². The Morgan fingerprint density at radius 1 is 1.16 bits per heavy atom. The van der Waals surface area contributed by atoms with Gasteiger partial charge in [-0.05, 0) is 44.0 Å². The summed E-state index contributed by atoms with van der Waals surface area (Å²) in [7, 11) is 1.60. The maximum atomic E-state index is 12.8. The van der Waals surface area contributed by atoms with Crippen LogP contribution in [0, 0.1) is 0 Å². The Bertz CT molecular complexity index is 793. The highest BCUT2D eigenvalue weighted by atomic mass is 16.6. The molecule has 25 heavy (non-hydrogen) atoms. The lowest BCUT2D eigenvalue weighted by atomic mass is 9.86. The van der Waals surface area contributed by atoms with Gasteiger partial charge in [0.05, 0.1) is 26.0 Å². The monoisotopic (exact) mass is 346 g/mol. The lowest BCUT2D eigenvalue weighted by Gasteiger charge is -2.33. The van der Waals surface area contributed by atoms with Crippen LogP contribution in [0.3, 0.4) is 0 Å². The molecular formula is C18H22N2O5. The van der Waals surface area contributed by atoms with Crippen LogP contribution in [0.4, 0.5) is 0 Å². The van der Waals surface area contributed by atoms with Gasteiger partial charge in [-0.1, -0.05) is 0 Å². The highest BCUT2D eigenvalue weighted by Crippen LogP contribution is 2.37. The molecule has 0 amide bonds. The van der Waals surface area contributed by atoms with Crippen LogP contribution >= 0.6 is 0 Å². The SMILES string of the molecule is CCOC(=O)C1(C(=O)OCC)NCCc2c1[nH]c1ccc(OC)cc21. The van der Waals surface area contributed by atoms with Crippen molar-refractivity contribution in [2.24, 2.45) is 0 Å². The van der Waals surface area contributed by atoms with E-state index in [9.17, 15) is 9.59 Å². The second-order valence-corrected chi connectivity index (χ2v) is 5.76. The standard InChI is InChI=1S/C18H22N2O5/c1-4-24-16(21)18(17(22)25-5-2)15-12(8-9-19-18)13-10-11(23-3)6-7-14(13)20-15/h6-7,10,19-20H,4-5,8-9H2,1-3H3. The first-order valence-electron chi connectivity index (χ1n) is 8.37. The highest BCUT2D eigenvalue weighted by molar-refractivity contribution is 6.07. The van der Waals surface area contributed by atoms with Crippen molar-refractivity contribution in [2.45, 2.75) is 25.8 Å². The van der Waals surface area contributed by atoms with Gasteiger partial charge < -0.3 is 19.2 Å². The number of methoxy groups -OCH3 is 1. The van der Waals surface area contributed by atoms with Gasteiger partial charge in [-0.25, -0.2) is 9.59 Å². The van der Waals surface area contributed by atoms with Crippen LogP contribution in [0.2, 0.25) is 0 Å². The molecule has 1 aliphatic heterocycles. The number of ether oxygens (including phenoxy) is 3. The van der Waals surface area contributed by atoms with E-state index in [1.807, 2.05) is 18.2 Å².